The topological polar surface area (TPSA) is 63.8 Å². The summed E-state index contributed by atoms with van der Waals surface area (Å²) in [4.78, 5) is 8.05. The van der Waals surface area contributed by atoms with Crippen LogP contribution in [0.5, 0.6) is 0 Å². The van der Waals surface area contributed by atoms with Crippen LogP contribution in [0.25, 0.3) is 0 Å². The van der Waals surface area contributed by atoms with Crippen molar-refractivity contribution in [3.05, 3.63) is 18.6 Å². The van der Waals surface area contributed by atoms with E-state index in [2.05, 4.69) is 15.3 Å². The molecule has 0 amide bonds. The highest BCUT2D eigenvalue weighted by atomic mass is 15.0. The third kappa shape index (κ3) is 2.65. The Morgan fingerprint density at radius 3 is 2.87 bits per heavy atom. The fourth-order valence-corrected chi connectivity index (χ4v) is 2.30. The first-order chi connectivity index (χ1) is 7.40. The van der Waals surface area contributed by atoms with E-state index in [1.165, 1.54) is 25.7 Å². The van der Waals surface area contributed by atoms with Crippen molar-refractivity contribution in [3.63, 3.8) is 0 Å². The van der Waals surface area contributed by atoms with Crippen molar-refractivity contribution in [1.29, 1.82) is 0 Å². The van der Waals surface area contributed by atoms with Crippen molar-refractivity contribution in [2.75, 3.05) is 11.9 Å². The molecule has 1 aromatic heterocycles. The number of nitrogens with zero attached hydrogens (tertiary/aromatic N) is 2. The third-order valence-electron chi connectivity index (χ3n) is 3.14. The SMILES string of the molecule is NCC(Nc1ccncn1)C1CCCC1. The first-order valence-corrected chi connectivity index (χ1v) is 5.63. The van der Waals surface area contributed by atoms with Gasteiger partial charge >= 0.3 is 0 Å². The van der Waals surface area contributed by atoms with Crippen molar-refractivity contribution in [1.82, 2.24) is 9.97 Å². The van der Waals surface area contributed by atoms with E-state index in [1.54, 1.807) is 12.5 Å². The molecule has 1 aliphatic carbocycles. The van der Waals surface area contributed by atoms with Crippen LogP contribution in [-0.2, 0) is 0 Å². The van der Waals surface area contributed by atoms with Crippen LogP contribution in [0.15, 0.2) is 18.6 Å². The second kappa shape index (κ2) is 5.07. The highest BCUT2D eigenvalue weighted by Crippen LogP contribution is 2.28. The second-order valence-corrected chi connectivity index (χ2v) is 4.13. The van der Waals surface area contributed by atoms with E-state index in [0.717, 1.165) is 5.82 Å². The number of aromatic nitrogens is 2. The maximum absolute atomic E-state index is 5.79. The van der Waals surface area contributed by atoms with Gasteiger partial charge in [0.25, 0.3) is 0 Å². The van der Waals surface area contributed by atoms with E-state index in [-0.39, 0.29) is 0 Å². The van der Waals surface area contributed by atoms with Crippen LogP contribution in [0.3, 0.4) is 0 Å². The van der Waals surface area contributed by atoms with Gasteiger partial charge in [-0.1, -0.05) is 12.8 Å². The molecule has 1 heterocycles. The number of rotatable bonds is 4. The number of anilines is 1. The van der Waals surface area contributed by atoms with Gasteiger partial charge in [-0.25, -0.2) is 9.97 Å². The zero-order chi connectivity index (χ0) is 10.5. The Balaban J connectivity index is 1.96. The Kier molecular flexibility index (Phi) is 3.50. The molecule has 1 atom stereocenters. The lowest BCUT2D eigenvalue weighted by atomic mass is 9.98. The Morgan fingerprint density at radius 2 is 2.27 bits per heavy atom. The molecule has 0 aromatic carbocycles. The van der Waals surface area contributed by atoms with Gasteiger partial charge in [0.15, 0.2) is 0 Å². The molecule has 4 nitrogen and oxygen atoms in total. The predicted molar refractivity (Wildman–Crippen MR) is 60.5 cm³/mol. The Labute approximate surface area is 90.3 Å². The van der Waals surface area contributed by atoms with E-state index in [9.17, 15) is 0 Å². The van der Waals surface area contributed by atoms with E-state index in [0.29, 0.717) is 18.5 Å². The van der Waals surface area contributed by atoms with Crippen LogP contribution in [0, 0.1) is 5.92 Å². The number of hydrogen-bond acceptors (Lipinski definition) is 4. The number of nitrogens with two attached hydrogens (primary N) is 1. The number of hydrogen-bond donors (Lipinski definition) is 2. The van der Waals surface area contributed by atoms with E-state index in [4.69, 9.17) is 5.73 Å². The van der Waals surface area contributed by atoms with Crippen LogP contribution in [0.2, 0.25) is 0 Å². The van der Waals surface area contributed by atoms with Gasteiger partial charge in [-0.15, -0.1) is 0 Å². The summed E-state index contributed by atoms with van der Waals surface area (Å²) in [5, 5.41) is 3.39. The fraction of sp³-hybridized carbons (Fsp3) is 0.636. The lowest BCUT2D eigenvalue weighted by Gasteiger charge is -2.23. The molecule has 1 unspecified atom stereocenters. The van der Waals surface area contributed by atoms with Crippen molar-refractivity contribution >= 4 is 5.82 Å². The molecule has 0 radical (unpaired) electrons. The summed E-state index contributed by atoms with van der Waals surface area (Å²) in [6, 6.07) is 2.25. The van der Waals surface area contributed by atoms with Crippen molar-refractivity contribution in [3.8, 4) is 0 Å². The molecule has 1 saturated carbocycles. The van der Waals surface area contributed by atoms with Gasteiger partial charge in [-0.2, -0.15) is 0 Å². The van der Waals surface area contributed by atoms with Crippen molar-refractivity contribution in [2.45, 2.75) is 31.7 Å². The molecule has 1 aliphatic rings. The Bertz CT molecular complexity index is 282. The molecule has 15 heavy (non-hydrogen) atoms. The van der Waals surface area contributed by atoms with E-state index in [1.807, 2.05) is 6.07 Å². The standard InChI is InChI=1S/C11H18N4/c12-7-10(9-3-1-2-4-9)15-11-5-6-13-8-14-11/h5-6,8-10H,1-4,7,12H2,(H,13,14,15). The Hall–Kier alpha value is -1.16. The summed E-state index contributed by atoms with van der Waals surface area (Å²) in [5.41, 5.74) is 5.79. The average Bonchev–Trinajstić information content (AvgIpc) is 2.81. The maximum Gasteiger partial charge on any atom is 0.129 e. The highest BCUT2D eigenvalue weighted by molar-refractivity contribution is 5.33. The van der Waals surface area contributed by atoms with Crippen molar-refractivity contribution in [2.24, 2.45) is 11.7 Å². The first-order valence-electron chi connectivity index (χ1n) is 5.63. The number of nitrogens with one attached hydrogen (secondary N) is 1. The molecule has 0 bridgehead atoms. The molecule has 3 N–H and O–H groups in total. The molecule has 0 spiro atoms. The molecule has 0 aliphatic heterocycles. The van der Waals surface area contributed by atoms with Crippen LogP contribution < -0.4 is 11.1 Å². The molecule has 1 fully saturated rings. The average molecular weight is 206 g/mol. The zero-order valence-electron chi connectivity index (χ0n) is 8.89. The lowest BCUT2D eigenvalue weighted by molar-refractivity contribution is 0.461. The summed E-state index contributed by atoms with van der Waals surface area (Å²) in [6.07, 6.45) is 8.57. The minimum atomic E-state index is 0.363. The summed E-state index contributed by atoms with van der Waals surface area (Å²) in [5.74, 6) is 1.59. The van der Waals surface area contributed by atoms with Crippen LogP contribution in [0.4, 0.5) is 5.82 Å². The van der Waals surface area contributed by atoms with Gasteiger partial charge in [0.2, 0.25) is 0 Å². The monoisotopic (exact) mass is 206 g/mol. The minimum absolute atomic E-state index is 0.363. The second-order valence-electron chi connectivity index (χ2n) is 4.13. The molecule has 2 rings (SSSR count). The molecule has 4 heteroatoms. The van der Waals surface area contributed by atoms with Crippen LogP contribution >= 0.6 is 0 Å². The van der Waals surface area contributed by atoms with Crippen LogP contribution in [0.1, 0.15) is 25.7 Å². The Morgan fingerprint density at radius 1 is 1.47 bits per heavy atom. The lowest BCUT2D eigenvalue weighted by Crippen LogP contribution is -2.35. The summed E-state index contributed by atoms with van der Waals surface area (Å²) < 4.78 is 0. The zero-order valence-corrected chi connectivity index (χ0v) is 8.89. The van der Waals surface area contributed by atoms with Gasteiger partial charge in [-0.05, 0) is 24.8 Å². The van der Waals surface area contributed by atoms with Crippen molar-refractivity contribution < 1.29 is 0 Å². The molecule has 1 aromatic rings. The van der Waals surface area contributed by atoms with Crippen LogP contribution in [-0.4, -0.2) is 22.6 Å². The molecular weight excluding hydrogens is 188 g/mol. The largest absolute Gasteiger partial charge is 0.366 e. The maximum atomic E-state index is 5.79. The first kappa shape index (κ1) is 10.4. The van der Waals surface area contributed by atoms with Gasteiger partial charge in [0.1, 0.15) is 12.1 Å². The van der Waals surface area contributed by atoms with E-state index < -0.39 is 0 Å². The smallest absolute Gasteiger partial charge is 0.129 e. The van der Waals surface area contributed by atoms with Gasteiger partial charge < -0.3 is 11.1 Å². The van der Waals surface area contributed by atoms with Gasteiger partial charge in [0, 0.05) is 18.8 Å². The summed E-state index contributed by atoms with van der Waals surface area (Å²) in [7, 11) is 0. The minimum Gasteiger partial charge on any atom is -0.366 e. The highest BCUT2D eigenvalue weighted by Gasteiger charge is 2.23. The predicted octanol–water partition coefficient (Wildman–Crippen LogP) is 1.41. The molecular formula is C11H18N4. The quantitative estimate of drug-likeness (QED) is 0.781. The summed E-state index contributed by atoms with van der Waals surface area (Å²) in [6.45, 7) is 0.675. The third-order valence-corrected chi connectivity index (χ3v) is 3.14. The van der Waals surface area contributed by atoms with Gasteiger partial charge in [-0.3, -0.25) is 0 Å². The normalized spacial score (nSPS) is 19.0. The van der Waals surface area contributed by atoms with E-state index >= 15 is 0 Å². The summed E-state index contributed by atoms with van der Waals surface area (Å²) >= 11 is 0. The molecule has 0 saturated heterocycles. The van der Waals surface area contributed by atoms with Gasteiger partial charge in [0.05, 0.1) is 0 Å². The fourth-order valence-electron chi connectivity index (χ4n) is 2.30. The molecule has 82 valence electrons.